The van der Waals surface area contributed by atoms with E-state index in [9.17, 15) is 4.39 Å². The number of rotatable bonds is 6. The van der Waals surface area contributed by atoms with Gasteiger partial charge in [-0.3, -0.25) is 0 Å². The van der Waals surface area contributed by atoms with Crippen molar-refractivity contribution < 1.29 is 8.82 Å². The first-order valence-electron chi connectivity index (χ1n) is 8.55. The Morgan fingerprint density at radius 3 is 1.84 bits per heavy atom. The smallest absolute Gasteiger partial charge is 0.261 e. The maximum absolute atomic E-state index is 13.2. The minimum absolute atomic E-state index is 0.0129. The zero-order valence-electron chi connectivity index (χ0n) is 15.3. The van der Waals surface area contributed by atoms with Crippen LogP contribution in [0.15, 0.2) is 71.5 Å². The lowest BCUT2D eigenvalue weighted by Gasteiger charge is -2.43. The molecular weight excluding hydrogens is 395 g/mol. The van der Waals surface area contributed by atoms with Crippen molar-refractivity contribution in [1.29, 1.82) is 0 Å². The first-order chi connectivity index (χ1) is 11.8. The minimum atomic E-state index is -2.53. The molecule has 1 nitrogen and oxygen atoms in total. The molecule has 1 atom stereocenters. The molecule has 2 rings (SSSR count). The summed E-state index contributed by atoms with van der Waals surface area (Å²) < 4.78 is 19.6. The van der Waals surface area contributed by atoms with E-state index in [4.69, 9.17) is 4.43 Å². The van der Waals surface area contributed by atoms with Gasteiger partial charge in [-0.15, -0.1) is 0 Å². The van der Waals surface area contributed by atoms with Gasteiger partial charge >= 0.3 is 0 Å². The molecule has 0 aliphatic heterocycles. The van der Waals surface area contributed by atoms with E-state index in [0.717, 1.165) is 0 Å². The molecule has 0 aromatic heterocycles. The summed E-state index contributed by atoms with van der Waals surface area (Å²) in [5, 5.41) is 2.42. The SMILES string of the molecule is C[C@H](/C=C(\F)Br)CO[Si](c1ccccc1)(c1ccccc1)C(C)(C)C. The van der Waals surface area contributed by atoms with Crippen molar-refractivity contribution in [2.24, 2.45) is 5.92 Å². The average Bonchev–Trinajstić information content (AvgIpc) is 2.55. The molecule has 0 aliphatic carbocycles. The minimum Gasteiger partial charge on any atom is -0.407 e. The highest BCUT2D eigenvalue weighted by molar-refractivity contribution is 9.11. The van der Waals surface area contributed by atoms with Crippen LogP contribution in [0.2, 0.25) is 5.04 Å². The van der Waals surface area contributed by atoms with Crippen molar-refractivity contribution in [2.45, 2.75) is 32.7 Å². The summed E-state index contributed by atoms with van der Waals surface area (Å²) in [7, 11) is -2.53. The Morgan fingerprint density at radius 2 is 1.48 bits per heavy atom. The highest BCUT2D eigenvalue weighted by atomic mass is 79.9. The molecule has 0 aliphatic rings. The van der Waals surface area contributed by atoms with Crippen LogP contribution < -0.4 is 10.4 Å². The van der Waals surface area contributed by atoms with Crippen LogP contribution in [0.5, 0.6) is 0 Å². The van der Waals surface area contributed by atoms with Crippen molar-refractivity contribution >= 4 is 34.6 Å². The van der Waals surface area contributed by atoms with Crippen LogP contribution >= 0.6 is 15.9 Å². The molecule has 0 fully saturated rings. The van der Waals surface area contributed by atoms with Gasteiger partial charge in [-0.1, -0.05) is 88.4 Å². The Kier molecular flexibility index (Phi) is 6.77. The number of hydrogen-bond donors (Lipinski definition) is 0. The first kappa shape index (κ1) is 20.1. The summed E-state index contributed by atoms with van der Waals surface area (Å²) >= 11 is 2.87. The molecule has 2 aromatic carbocycles. The van der Waals surface area contributed by atoms with E-state index < -0.39 is 8.32 Å². The fourth-order valence-corrected chi connectivity index (χ4v) is 8.40. The van der Waals surface area contributed by atoms with Gasteiger partial charge in [-0.05, 0) is 43.3 Å². The van der Waals surface area contributed by atoms with Crippen molar-refractivity contribution in [3.8, 4) is 0 Å². The Balaban J connectivity index is 2.55. The van der Waals surface area contributed by atoms with Gasteiger partial charge < -0.3 is 4.43 Å². The lowest BCUT2D eigenvalue weighted by molar-refractivity contribution is 0.267. The van der Waals surface area contributed by atoms with Crippen LogP contribution in [-0.4, -0.2) is 14.9 Å². The van der Waals surface area contributed by atoms with Gasteiger partial charge in [0, 0.05) is 6.61 Å². The Bertz CT molecular complexity index is 651. The van der Waals surface area contributed by atoms with E-state index in [1.165, 1.54) is 10.4 Å². The molecule has 0 radical (unpaired) electrons. The lowest BCUT2D eigenvalue weighted by atomic mass is 10.2. The largest absolute Gasteiger partial charge is 0.407 e. The third-order valence-electron chi connectivity index (χ3n) is 4.39. The standard InChI is InChI=1S/C21H26BrFOSi/c1-17(15-20(22)23)16-24-25(21(2,3)4,18-11-7-5-8-12-18)19-13-9-6-10-14-19/h5-15,17H,16H2,1-4H3/b20-15-/t17-/m1/s1. The van der Waals surface area contributed by atoms with Crippen molar-refractivity contribution in [3.05, 3.63) is 71.5 Å². The quantitative estimate of drug-likeness (QED) is 0.567. The summed E-state index contributed by atoms with van der Waals surface area (Å²) in [5.41, 5.74) is 0. The molecule has 0 spiro atoms. The van der Waals surface area contributed by atoms with Gasteiger partial charge in [-0.25, -0.2) is 0 Å². The zero-order chi connectivity index (χ0) is 18.5. The van der Waals surface area contributed by atoms with Crippen LogP contribution in [0.4, 0.5) is 4.39 Å². The molecular formula is C21H26BrFOSi. The highest BCUT2D eigenvalue weighted by Crippen LogP contribution is 2.37. The fourth-order valence-electron chi connectivity index (χ4n) is 3.28. The second-order valence-electron chi connectivity index (χ2n) is 7.41. The van der Waals surface area contributed by atoms with Gasteiger partial charge in [0.15, 0.2) is 4.74 Å². The van der Waals surface area contributed by atoms with E-state index in [2.05, 4.69) is 85.2 Å². The second-order valence-corrected chi connectivity index (χ2v) is 12.5. The average molecular weight is 421 g/mol. The van der Waals surface area contributed by atoms with Crippen LogP contribution in [0.25, 0.3) is 0 Å². The normalized spacial score (nSPS) is 14.4. The van der Waals surface area contributed by atoms with Crippen molar-refractivity contribution in [3.63, 3.8) is 0 Å². The van der Waals surface area contributed by atoms with Gasteiger partial charge in [0.25, 0.3) is 8.32 Å². The summed E-state index contributed by atoms with van der Waals surface area (Å²) in [6.45, 7) is 9.17. The predicted octanol–water partition coefficient (Wildman–Crippen LogP) is 5.40. The van der Waals surface area contributed by atoms with E-state index >= 15 is 0 Å². The van der Waals surface area contributed by atoms with Crippen LogP contribution in [0.3, 0.4) is 0 Å². The Hall–Kier alpha value is -1.23. The van der Waals surface area contributed by atoms with E-state index in [-0.39, 0.29) is 15.7 Å². The van der Waals surface area contributed by atoms with Crippen molar-refractivity contribution in [1.82, 2.24) is 0 Å². The summed E-state index contributed by atoms with van der Waals surface area (Å²) in [4.78, 5) is 0. The Labute approximate surface area is 160 Å². The molecule has 134 valence electrons. The zero-order valence-corrected chi connectivity index (χ0v) is 17.9. The molecule has 0 heterocycles. The van der Waals surface area contributed by atoms with Crippen LogP contribution in [0.1, 0.15) is 27.7 Å². The van der Waals surface area contributed by atoms with E-state index in [1.54, 1.807) is 6.08 Å². The molecule has 0 unspecified atom stereocenters. The molecule has 4 heteroatoms. The molecule has 25 heavy (non-hydrogen) atoms. The molecule has 0 N–H and O–H groups in total. The van der Waals surface area contributed by atoms with Crippen molar-refractivity contribution in [2.75, 3.05) is 6.61 Å². The van der Waals surface area contributed by atoms with Crippen LogP contribution in [0, 0.1) is 5.92 Å². The molecule has 0 saturated heterocycles. The second kappa shape index (κ2) is 8.43. The Morgan fingerprint density at radius 1 is 1.04 bits per heavy atom. The summed E-state index contributed by atoms with van der Waals surface area (Å²) in [6, 6.07) is 21.0. The number of halogens is 2. The third-order valence-corrected chi connectivity index (χ3v) is 9.66. The van der Waals surface area contributed by atoms with Gasteiger partial charge in [-0.2, -0.15) is 4.39 Å². The van der Waals surface area contributed by atoms with Gasteiger partial charge in [0.2, 0.25) is 0 Å². The van der Waals surface area contributed by atoms with Gasteiger partial charge in [0.05, 0.1) is 0 Å². The molecule has 0 amide bonds. The topological polar surface area (TPSA) is 9.23 Å². The first-order valence-corrected chi connectivity index (χ1v) is 11.3. The van der Waals surface area contributed by atoms with Gasteiger partial charge in [0.1, 0.15) is 0 Å². The predicted molar refractivity (Wildman–Crippen MR) is 111 cm³/mol. The monoisotopic (exact) mass is 420 g/mol. The van der Waals surface area contributed by atoms with Crippen LogP contribution in [-0.2, 0) is 4.43 Å². The third kappa shape index (κ3) is 4.69. The number of hydrogen-bond acceptors (Lipinski definition) is 1. The fraction of sp³-hybridized carbons (Fsp3) is 0.333. The summed E-state index contributed by atoms with van der Waals surface area (Å²) in [6.07, 6.45) is 1.55. The lowest BCUT2D eigenvalue weighted by Crippen LogP contribution is -2.66. The molecule has 0 saturated carbocycles. The highest BCUT2D eigenvalue weighted by Gasteiger charge is 2.50. The maximum Gasteiger partial charge on any atom is 0.261 e. The molecule has 0 bridgehead atoms. The van der Waals surface area contributed by atoms with E-state index in [0.29, 0.717) is 6.61 Å². The summed E-state index contributed by atoms with van der Waals surface area (Å²) in [5.74, 6) is -0.0129. The number of benzene rings is 2. The maximum atomic E-state index is 13.2. The molecule has 2 aromatic rings. The van der Waals surface area contributed by atoms with E-state index in [1.807, 2.05) is 19.1 Å².